The fraction of sp³-hybridized carbons (Fsp3) is 0.500. The maximum atomic E-state index is 12.4. The van der Waals surface area contributed by atoms with Crippen LogP contribution in [0.15, 0.2) is 24.3 Å². The van der Waals surface area contributed by atoms with E-state index in [4.69, 9.17) is 4.74 Å². The molecular formula is C16H20N4O2. The number of benzene rings is 1. The maximum absolute atomic E-state index is 12.4. The molecule has 6 nitrogen and oxygen atoms in total. The van der Waals surface area contributed by atoms with Crippen molar-refractivity contribution in [1.29, 1.82) is 0 Å². The summed E-state index contributed by atoms with van der Waals surface area (Å²) in [5.74, 6) is 0.507. The van der Waals surface area contributed by atoms with Crippen molar-refractivity contribution in [2.75, 3.05) is 31.6 Å². The molecule has 6 heteroatoms. The third-order valence-electron chi connectivity index (χ3n) is 4.74. The van der Waals surface area contributed by atoms with Gasteiger partial charge in [0.05, 0.1) is 17.6 Å². The van der Waals surface area contributed by atoms with Crippen LogP contribution in [0.2, 0.25) is 0 Å². The number of fused-ring (bicyclic) bond motifs is 1. The first-order valence-corrected chi connectivity index (χ1v) is 7.83. The molecule has 1 unspecified atom stereocenters. The number of ether oxygens (including phenoxy) is 1. The summed E-state index contributed by atoms with van der Waals surface area (Å²) in [6.07, 6.45) is 3.28. The molecule has 2 saturated heterocycles. The smallest absolute Gasteiger partial charge is 0.324 e. The van der Waals surface area contributed by atoms with E-state index in [0.29, 0.717) is 5.95 Å². The number of hydrogen-bond acceptors (Lipinski definition) is 3. The molecule has 0 radical (unpaired) electrons. The second-order valence-corrected chi connectivity index (χ2v) is 6.36. The number of para-hydroxylation sites is 2. The monoisotopic (exact) mass is 300 g/mol. The predicted octanol–water partition coefficient (Wildman–Crippen LogP) is 2.60. The van der Waals surface area contributed by atoms with E-state index in [2.05, 4.69) is 15.3 Å². The van der Waals surface area contributed by atoms with Gasteiger partial charge in [-0.15, -0.1) is 0 Å². The van der Waals surface area contributed by atoms with E-state index >= 15 is 0 Å². The Hall–Kier alpha value is -2.08. The maximum Gasteiger partial charge on any atom is 0.324 e. The van der Waals surface area contributed by atoms with E-state index in [1.165, 1.54) is 0 Å². The zero-order chi connectivity index (χ0) is 15.0. The Bertz CT molecular complexity index is 657. The number of nitrogens with zero attached hydrogens (tertiary/aromatic N) is 2. The second-order valence-electron chi connectivity index (χ2n) is 6.36. The molecule has 4 rings (SSSR count). The molecule has 1 atom stereocenters. The fourth-order valence-corrected chi connectivity index (χ4v) is 3.53. The lowest BCUT2D eigenvalue weighted by Crippen LogP contribution is -2.38. The van der Waals surface area contributed by atoms with Crippen molar-refractivity contribution in [3.8, 4) is 0 Å². The summed E-state index contributed by atoms with van der Waals surface area (Å²) in [5, 5.41) is 2.87. The summed E-state index contributed by atoms with van der Waals surface area (Å²) in [6.45, 7) is 3.20. The quantitative estimate of drug-likeness (QED) is 0.850. The van der Waals surface area contributed by atoms with Crippen LogP contribution in [-0.4, -0.2) is 47.2 Å². The van der Waals surface area contributed by atoms with Crippen molar-refractivity contribution >= 4 is 23.0 Å². The number of imidazole rings is 1. The van der Waals surface area contributed by atoms with Crippen molar-refractivity contribution in [2.24, 2.45) is 5.41 Å². The van der Waals surface area contributed by atoms with E-state index in [0.717, 1.165) is 56.6 Å². The van der Waals surface area contributed by atoms with Crippen LogP contribution < -0.4 is 5.32 Å². The zero-order valence-electron chi connectivity index (χ0n) is 12.5. The van der Waals surface area contributed by atoms with Crippen LogP contribution in [0.3, 0.4) is 0 Å². The molecule has 22 heavy (non-hydrogen) atoms. The second kappa shape index (κ2) is 5.28. The Kier molecular flexibility index (Phi) is 3.26. The number of anilines is 1. The van der Waals surface area contributed by atoms with Gasteiger partial charge in [-0.3, -0.25) is 5.32 Å². The van der Waals surface area contributed by atoms with Crippen molar-refractivity contribution in [3.63, 3.8) is 0 Å². The predicted molar refractivity (Wildman–Crippen MR) is 83.8 cm³/mol. The van der Waals surface area contributed by atoms with Gasteiger partial charge >= 0.3 is 6.03 Å². The molecule has 0 saturated carbocycles. The Labute approximate surface area is 128 Å². The highest BCUT2D eigenvalue weighted by Crippen LogP contribution is 2.38. The molecule has 2 amide bonds. The molecule has 116 valence electrons. The minimum absolute atomic E-state index is 0.0819. The molecule has 2 aromatic rings. The highest BCUT2D eigenvalue weighted by Gasteiger charge is 2.41. The highest BCUT2D eigenvalue weighted by molar-refractivity contribution is 5.90. The van der Waals surface area contributed by atoms with Gasteiger partial charge in [-0.05, 0) is 31.4 Å². The molecule has 0 bridgehead atoms. The summed E-state index contributed by atoms with van der Waals surface area (Å²) in [4.78, 5) is 21.8. The normalized spacial score (nSPS) is 25.0. The third kappa shape index (κ3) is 2.43. The number of hydrogen-bond donors (Lipinski definition) is 2. The van der Waals surface area contributed by atoms with Gasteiger partial charge in [0.25, 0.3) is 0 Å². The van der Waals surface area contributed by atoms with Gasteiger partial charge in [0.15, 0.2) is 0 Å². The molecule has 3 heterocycles. The Morgan fingerprint density at radius 1 is 1.36 bits per heavy atom. The van der Waals surface area contributed by atoms with Gasteiger partial charge in [-0.1, -0.05) is 12.1 Å². The molecule has 2 aliphatic heterocycles. The Morgan fingerprint density at radius 2 is 2.27 bits per heavy atom. The van der Waals surface area contributed by atoms with Crippen LogP contribution in [0.5, 0.6) is 0 Å². The Balaban J connectivity index is 1.44. The van der Waals surface area contributed by atoms with Crippen molar-refractivity contribution < 1.29 is 9.53 Å². The summed E-state index contributed by atoms with van der Waals surface area (Å²) in [7, 11) is 0. The van der Waals surface area contributed by atoms with E-state index in [9.17, 15) is 4.79 Å². The molecule has 0 aliphatic carbocycles. The summed E-state index contributed by atoms with van der Waals surface area (Å²) < 4.78 is 5.62. The number of urea groups is 1. The first-order chi connectivity index (χ1) is 10.7. The third-order valence-corrected chi connectivity index (χ3v) is 4.74. The number of nitrogens with one attached hydrogen (secondary N) is 2. The van der Waals surface area contributed by atoms with E-state index < -0.39 is 0 Å². The van der Waals surface area contributed by atoms with Crippen LogP contribution in [-0.2, 0) is 4.74 Å². The topological polar surface area (TPSA) is 70.2 Å². The molecule has 1 aromatic heterocycles. The fourth-order valence-electron chi connectivity index (χ4n) is 3.53. The van der Waals surface area contributed by atoms with Gasteiger partial charge in [-0.2, -0.15) is 0 Å². The van der Waals surface area contributed by atoms with Crippen LogP contribution in [0, 0.1) is 5.41 Å². The zero-order valence-corrected chi connectivity index (χ0v) is 12.5. The summed E-state index contributed by atoms with van der Waals surface area (Å²) in [6, 6.07) is 7.66. The number of aromatic amines is 1. The lowest BCUT2D eigenvalue weighted by molar-refractivity contribution is -0.000215. The lowest BCUT2D eigenvalue weighted by Gasteiger charge is -2.32. The van der Waals surface area contributed by atoms with Gasteiger partial charge in [0.2, 0.25) is 5.95 Å². The molecule has 1 spiro atoms. The Morgan fingerprint density at radius 3 is 3.09 bits per heavy atom. The molecule has 2 fully saturated rings. The first kappa shape index (κ1) is 13.6. The average molecular weight is 300 g/mol. The van der Waals surface area contributed by atoms with Crippen molar-refractivity contribution in [1.82, 2.24) is 14.9 Å². The van der Waals surface area contributed by atoms with Crippen molar-refractivity contribution in [2.45, 2.75) is 19.3 Å². The largest absolute Gasteiger partial charge is 0.381 e. The van der Waals surface area contributed by atoms with E-state index in [-0.39, 0.29) is 11.4 Å². The molecule has 1 aromatic carbocycles. The lowest BCUT2D eigenvalue weighted by atomic mass is 9.82. The number of likely N-dealkylation sites (tertiary alicyclic amines) is 1. The number of carbonyl (C=O) groups excluding carboxylic acids is 1. The number of H-pyrrole nitrogens is 1. The van der Waals surface area contributed by atoms with Gasteiger partial charge in [0.1, 0.15) is 0 Å². The average Bonchev–Trinajstić information content (AvgIpc) is 3.12. The first-order valence-electron chi connectivity index (χ1n) is 7.83. The number of amides is 2. The van der Waals surface area contributed by atoms with Crippen LogP contribution in [0.4, 0.5) is 10.7 Å². The number of carbonyl (C=O) groups is 1. The van der Waals surface area contributed by atoms with Crippen LogP contribution >= 0.6 is 0 Å². The van der Waals surface area contributed by atoms with Gasteiger partial charge < -0.3 is 14.6 Å². The van der Waals surface area contributed by atoms with Gasteiger partial charge in [-0.25, -0.2) is 9.78 Å². The number of aromatic nitrogens is 2. The molecule has 2 N–H and O–H groups in total. The van der Waals surface area contributed by atoms with E-state index in [1.54, 1.807) is 0 Å². The standard InChI is InChI=1S/C16H20N4O2/c21-15(19-14-17-12-4-1-2-5-13(12)18-14)20-8-7-16(10-20)6-3-9-22-11-16/h1-2,4-5H,3,6-11H2,(H2,17,18,19,21). The minimum atomic E-state index is -0.0819. The van der Waals surface area contributed by atoms with E-state index in [1.807, 2.05) is 29.2 Å². The summed E-state index contributed by atoms with van der Waals surface area (Å²) >= 11 is 0. The van der Waals surface area contributed by atoms with Crippen LogP contribution in [0.25, 0.3) is 11.0 Å². The van der Waals surface area contributed by atoms with Crippen LogP contribution in [0.1, 0.15) is 19.3 Å². The van der Waals surface area contributed by atoms with Crippen molar-refractivity contribution in [3.05, 3.63) is 24.3 Å². The van der Waals surface area contributed by atoms with Gasteiger partial charge in [0, 0.05) is 25.1 Å². The highest BCUT2D eigenvalue weighted by atomic mass is 16.5. The summed E-state index contributed by atoms with van der Waals surface area (Å²) in [5.41, 5.74) is 1.96. The SMILES string of the molecule is O=C(Nc1nc2ccccc2[nH]1)N1CCC2(CCCOC2)C1. The minimum Gasteiger partial charge on any atom is -0.381 e. The molecule has 2 aliphatic rings. The molecular weight excluding hydrogens is 280 g/mol. The number of rotatable bonds is 1.